The van der Waals surface area contributed by atoms with Crippen LogP contribution in [0.5, 0.6) is 0 Å². The first-order valence-corrected chi connectivity index (χ1v) is 3.12. The highest BCUT2D eigenvalue weighted by Crippen LogP contribution is 2.12. The first kappa shape index (κ1) is 5.47. The fourth-order valence-electron chi connectivity index (χ4n) is 0.917. The van der Waals surface area contributed by atoms with E-state index < -0.39 is 0 Å². The van der Waals surface area contributed by atoms with E-state index in [-0.39, 0.29) is 0 Å². The molecule has 2 heteroatoms. The van der Waals surface area contributed by atoms with Crippen LogP contribution in [0.4, 0.5) is 0 Å². The second-order valence-corrected chi connectivity index (χ2v) is 2.08. The lowest BCUT2D eigenvalue weighted by Gasteiger charge is -2.21. The standard InChI is InChI=1S/C8H6N2/c1-2-6-10-7-3-5-9-8(10)4-1/h1,4-5,7H,6H2. The van der Waals surface area contributed by atoms with Crippen LogP contribution in [-0.2, 0) is 0 Å². The lowest BCUT2D eigenvalue weighted by molar-refractivity contribution is 0.494. The minimum Gasteiger partial charge on any atom is -0.328 e. The summed E-state index contributed by atoms with van der Waals surface area (Å²) >= 11 is 0. The molecule has 0 aliphatic carbocycles. The van der Waals surface area contributed by atoms with Gasteiger partial charge in [-0.05, 0) is 12.2 Å². The molecule has 2 aliphatic rings. The van der Waals surface area contributed by atoms with Gasteiger partial charge in [0.25, 0.3) is 0 Å². The number of nitrogens with zero attached hydrogens (tertiary/aromatic N) is 2. The van der Waals surface area contributed by atoms with Gasteiger partial charge in [0.05, 0.1) is 0 Å². The number of fused-ring (bicyclic) bond motifs is 1. The average Bonchev–Trinajstić information content (AvgIpc) is 2.05. The molecule has 2 nitrogen and oxygen atoms in total. The highest BCUT2D eigenvalue weighted by molar-refractivity contribution is 5.68. The Balaban J connectivity index is 2.34. The molecule has 0 bridgehead atoms. The van der Waals surface area contributed by atoms with Crippen molar-refractivity contribution in [2.24, 2.45) is 4.99 Å². The summed E-state index contributed by atoms with van der Waals surface area (Å²) in [5, 5.41) is 0. The minimum atomic E-state index is 0.788. The maximum atomic E-state index is 4.10. The van der Waals surface area contributed by atoms with Gasteiger partial charge in [-0.25, -0.2) is 4.99 Å². The van der Waals surface area contributed by atoms with E-state index in [0.29, 0.717) is 0 Å². The molecule has 0 N–H and O–H groups in total. The molecule has 0 aromatic carbocycles. The third-order valence-electron chi connectivity index (χ3n) is 1.41. The summed E-state index contributed by atoms with van der Waals surface area (Å²) in [6, 6.07) is 0. The van der Waals surface area contributed by atoms with E-state index in [0.717, 1.165) is 12.4 Å². The summed E-state index contributed by atoms with van der Waals surface area (Å²) in [6.07, 6.45) is 13.3. The van der Waals surface area contributed by atoms with Crippen LogP contribution >= 0.6 is 0 Å². The van der Waals surface area contributed by atoms with Gasteiger partial charge in [0.2, 0.25) is 0 Å². The van der Waals surface area contributed by atoms with Crippen molar-refractivity contribution in [1.29, 1.82) is 0 Å². The number of rotatable bonds is 0. The molecule has 2 aliphatic heterocycles. The van der Waals surface area contributed by atoms with E-state index in [2.05, 4.69) is 17.1 Å². The average molecular weight is 130 g/mol. The number of aliphatic imine (C=N–C) groups is 1. The van der Waals surface area contributed by atoms with Crippen LogP contribution in [0.2, 0.25) is 0 Å². The summed E-state index contributed by atoms with van der Waals surface area (Å²) in [5.74, 6) is 0.970. The summed E-state index contributed by atoms with van der Waals surface area (Å²) in [4.78, 5) is 6.09. The zero-order chi connectivity index (χ0) is 6.81. The van der Waals surface area contributed by atoms with E-state index in [1.807, 2.05) is 23.3 Å². The highest BCUT2D eigenvalue weighted by atomic mass is 15.2. The van der Waals surface area contributed by atoms with Crippen LogP contribution in [-0.4, -0.2) is 17.7 Å². The van der Waals surface area contributed by atoms with Crippen LogP contribution in [0.25, 0.3) is 0 Å². The number of allylic oxidation sites excluding steroid dienone is 3. The molecule has 0 aromatic rings. The molecule has 0 spiro atoms. The van der Waals surface area contributed by atoms with Gasteiger partial charge >= 0.3 is 0 Å². The monoisotopic (exact) mass is 130 g/mol. The molecule has 10 heavy (non-hydrogen) atoms. The smallest absolute Gasteiger partial charge is 0.132 e. The van der Waals surface area contributed by atoms with Crippen LogP contribution in [0.3, 0.4) is 0 Å². The Morgan fingerprint density at radius 1 is 1.60 bits per heavy atom. The molecule has 2 heterocycles. The van der Waals surface area contributed by atoms with Crippen molar-refractivity contribution in [3.8, 4) is 0 Å². The fraction of sp³-hybridized carbons (Fsp3) is 0.125. The predicted octanol–water partition coefficient (Wildman–Crippen LogP) is 0.904. The normalized spacial score (nSPS) is 20.8. The summed E-state index contributed by atoms with van der Waals surface area (Å²) < 4.78 is 0. The van der Waals surface area contributed by atoms with Gasteiger partial charge in [-0.3, -0.25) is 0 Å². The van der Waals surface area contributed by atoms with Crippen molar-refractivity contribution in [1.82, 2.24) is 4.90 Å². The van der Waals surface area contributed by atoms with Crippen LogP contribution in [0, 0.1) is 12.2 Å². The second-order valence-electron chi connectivity index (χ2n) is 2.08. The topological polar surface area (TPSA) is 15.6 Å². The Kier molecular flexibility index (Phi) is 1.17. The van der Waals surface area contributed by atoms with Crippen LogP contribution in [0.1, 0.15) is 0 Å². The largest absolute Gasteiger partial charge is 0.328 e. The molecule has 2 rings (SSSR count). The van der Waals surface area contributed by atoms with Crippen LogP contribution in [0.15, 0.2) is 29.2 Å². The summed E-state index contributed by atoms with van der Waals surface area (Å²) in [7, 11) is 0. The predicted molar refractivity (Wildman–Crippen MR) is 38.9 cm³/mol. The lowest BCUT2D eigenvalue weighted by Crippen LogP contribution is -2.19. The molecule has 2 radical (unpaired) electrons. The molecule has 0 atom stereocenters. The van der Waals surface area contributed by atoms with E-state index in [1.54, 1.807) is 6.21 Å². The molecule has 0 unspecified atom stereocenters. The molecular weight excluding hydrogens is 124 g/mol. The Morgan fingerprint density at radius 3 is 3.50 bits per heavy atom. The molecule has 0 saturated heterocycles. The van der Waals surface area contributed by atoms with Gasteiger partial charge < -0.3 is 4.90 Å². The second kappa shape index (κ2) is 2.14. The Bertz CT molecular complexity index is 246. The molecular formula is C8H6N2. The van der Waals surface area contributed by atoms with Gasteiger partial charge in [0, 0.05) is 25.0 Å². The van der Waals surface area contributed by atoms with Crippen molar-refractivity contribution in [3.63, 3.8) is 0 Å². The van der Waals surface area contributed by atoms with E-state index in [1.165, 1.54) is 0 Å². The first-order valence-electron chi connectivity index (χ1n) is 3.12. The zero-order valence-corrected chi connectivity index (χ0v) is 5.41. The molecule has 0 amide bonds. The van der Waals surface area contributed by atoms with Crippen molar-refractivity contribution >= 4 is 6.21 Å². The highest BCUT2D eigenvalue weighted by Gasteiger charge is 2.07. The Morgan fingerprint density at radius 2 is 2.60 bits per heavy atom. The zero-order valence-electron chi connectivity index (χ0n) is 5.41. The van der Waals surface area contributed by atoms with Gasteiger partial charge in [-0.2, -0.15) is 0 Å². The summed E-state index contributed by atoms with van der Waals surface area (Å²) in [5.41, 5.74) is 0. The molecule has 0 saturated carbocycles. The van der Waals surface area contributed by atoms with Gasteiger partial charge in [-0.15, -0.1) is 0 Å². The van der Waals surface area contributed by atoms with Gasteiger partial charge in [0.1, 0.15) is 5.82 Å². The maximum Gasteiger partial charge on any atom is 0.132 e. The van der Waals surface area contributed by atoms with E-state index in [9.17, 15) is 0 Å². The SMILES string of the molecule is [C]1=CC=C2N=C[C]=CN2C1. The Labute approximate surface area is 59.9 Å². The molecule has 0 fully saturated rings. The van der Waals surface area contributed by atoms with Crippen molar-refractivity contribution < 1.29 is 0 Å². The minimum absolute atomic E-state index is 0.788. The van der Waals surface area contributed by atoms with Crippen molar-refractivity contribution in [3.05, 3.63) is 36.3 Å². The lowest BCUT2D eigenvalue weighted by atomic mass is 10.3. The number of hydrogen-bond acceptors (Lipinski definition) is 2. The van der Waals surface area contributed by atoms with Crippen molar-refractivity contribution in [2.75, 3.05) is 6.54 Å². The van der Waals surface area contributed by atoms with Crippen LogP contribution < -0.4 is 0 Å². The number of hydrogen-bond donors (Lipinski definition) is 0. The fourth-order valence-corrected chi connectivity index (χ4v) is 0.917. The quantitative estimate of drug-likeness (QED) is 0.475. The van der Waals surface area contributed by atoms with E-state index >= 15 is 0 Å². The van der Waals surface area contributed by atoms with Gasteiger partial charge in [-0.1, -0.05) is 6.08 Å². The third-order valence-corrected chi connectivity index (χ3v) is 1.41. The van der Waals surface area contributed by atoms with E-state index in [4.69, 9.17) is 0 Å². The van der Waals surface area contributed by atoms with Crippen molar-refractivity contribution in [2.45, 2.75) is 0 Å². The maximum absolute atomic E-state index is 4.10. The third kappa shape index (κ3) is 0.778. The first-order chi connectivity index (χ1) is 4.97. The summed E-state index contributed by atoms with van der Waals surface area (Å²) in [6.45, 7) is 0.788. The molecule has 0 aromatic heterocycles. The molecule has 48 valence electrons. The Hall–Kier alpha value is -1.31. The van der Waals surface area contributed by atoms with Gasteiger partial charge in [0.15, 0.2) is 0 Å².